The van der Waals surface area contributed by atoms with Crippen LogP contribution in [-0.2, 0) is 19.1 Å². The second-order valence-electron chi connectivity index (χ2n) is 8.56. The van der Waals surface area contributed by atoms with Gasteiger partial charge < -0.3 is 19.5 Å². The number of esters is 2. The topological polar surface area (TPSA) is 90.9 Å². The van der Waals surface area contributed by atoms with Crippen molar-refractivity contribution in [3.05, 3.63) is 81.2 Å². The average molecular weight is 496 g/mol. The first-order valence-corrected chi connectivity index (χ1v) is 11.6. The summed E-state index contributed by atoms with van der Waals surface area (Å²) in [7, 11) is 2.78. The van der Waals surface area contributed by atoms with Gasteiger partial charge in [-0.2, -0.15) is 0 Å². The van der Waals surface area contributed by atoms with E-state index in [2.05, 4.69) is 5.32 Å². The SMILES string of the molecule is COC(=O)C1=C(C)NC2=C(C(=O)CC(c3ccc(Cl)cc3)C2)C1c1ccc(OC(C)=O)c(OC)c1. The molecule has 2 aromatic rings. The normalized spacial score (nSPS) is 19.6. The van der Waals surface area contributed by atoms with Crippen LogP contribution in [0.3, 0.4) is 0 Å². The minimum Gasteiger partial charge on any atom is -0.493 e. The summed E-state index contributed by atoms with van der Waals surface area (Å²) in [5.74, 6) is -1.15. The van der Waals surface area contributed by atoms with Gasteiger partial charge in [-0.25, -0.2) is 4.79 Å². The van der Waals surface area contributed by atoms with E-state index in [1.165, 1.54) is 21.1 Å². The lowest BCUT2D eigenvalue weighted by atomic mass is 9.71. The molecule has 2 aromatic carbocycles. The predicted octanol–water partition coefficient (Wildman–Crippen LogP) is 4.81. The first kappa shape index (κ1) is 24.5. The van der Waals surface area contributed by atoms with E-state index in [0.29, 0.717) is 46.0 Å². The molecule has 1 aliphatic carbocycles. The van der Waals surface area contributed by atoms with Crippen molar-refractivity contribution in [1.82, 2.24) is 5.32 Å². The Hall–Kier alpha value is -3.58. The molecule has 2 aliphatic rings. The zero-order chi connectivity index (χ0) is 25.3. The van der Waals surface area contributed by atoms with Crippen LogP contribution in [-0.4, -0.2) is 31.9 Å². The lowest BCUT2D eigenvalue weighted by Crippen LogP contribution is -2.36. The third-order valence-corrected chi connectivity index (χ3v) is 6.60. The van der Waals surface area contributed by atoms with Gasteiger partial charge >= 0.3 is 11.9 Å². The summed E-state index contributed by atoms with van der Waals surface area (Å²) in [4.78, 5) is 37.9. The molecule has 35 heavy (non-hydrogen) atoms. The van der Waals surface area contributed by atoms with E-state index in [0.717, 1.165) is 11.3 Å². The number of ether oxygens (including phenoxy) is 3. The quantitative estimate of drug-likeness (QED) is 0.470. The molecule has 4 rings (SSSR count). The molecule has 2 unspecified atom stereocenters. The molecule has 2 atom stereocenters. The fraction of sp³-hybridized carbons (Fsp3) is 0.296. The highest BCUT2D eigenvalue weighted by atomic mass is 35.5. The minimum absolute atomic E-state index is 0.0139. The Labute approximate surface area is 208 Å². The lowest BCUT2D eigenvalue weighted by molar-refractivity contribution is -0.136. The van der Waals surface area contributed by atoms with E-state index in [9.17, 15) is 14.4 Å². The Morgan fingerprint density at radius 3 is 2.31 bits per heavy atom. The Kier molecular flexibility index (Phi) is 6.98. The fourth-order valence-electron chi connectivity index (χ4n) is 4.83. The highest BCUT2D eigenvalue weighted by Gasteiger charge is 2.41. The van der Waals surface area contributed by atoms with Crippen molar-refractivity contribution in [3.8, 4) is 11.5 Å². The molecular weight excluding hydrogens is 470 g/mol. The summed E-state index contributed by atoms with van der Waals surface area (Å²) >= 11 is 6.04. The lowest BCUT2D eigenvalue weighted by Gasteiger charge is -2.36. The summed E-state index contributed by atoms with van der Waals surface area (Å²) in [5, 5.41) is 3.94. The molecular formula is C27H26ClNO6. The molecule has 182 valence electrons. The van der Waals surface area contributed by atoms with Crippen LogP contribution in [0.5, 0.6) is 11.5 Å². The third kappa shape index (κ3) is 4.82. The van der Waals surface area contributed by atoms with Gasteiger partial charge in [-0.05, 0) is 54.7 Å². The summed E-state index contributed by atoms with van der Waals surface area (Å²) in [6.45, 7) is 3.10. The second kappa shape index (κ2) is 9.96. The molecule has 8 heteroatoms. The van der Waals surface area contributed by atoms with E-state index in [-0.39, 0.29) is 17.5 Å². The van der Waals surface area contributed by atoms with Gasteiger partial charge in [-0.3, -0.25) is 9.59 Å². The number of dihydropyridines is 1. The van der Waals surface area contributed by atoms with Crippen LogP contribution >= 0.6 is 11.6 Å². The number of Topliss-reactive ketones (excluding diaryl/α,β-unsaturated/α-hetero) is 1. The molecule has 0 bridgehead atoms. The molecule has 1 aliphatic heterocycles. The number of carbonyl (C=O) groups is 3. The first-order valence-electron chi connectivity index (χ1n) is 11.2. The van der Waals surface area contributed by atoms with Crippen molar-refractivity contribution >= 4 is 29.3 Å². The summed E-state index contributed by atoms with van der Waals surface area (Å²) in [6.07, 6.45) is 0.905. The van der Waals surface area contributed by atoms with Crippen LogP contribution in [0.2, 0.25) is 5.02 Å². The molecule has 0 radical (unpaired) electrons. The van der Waals surface area contributed by atoms with Gasteiger partial charge in [0, 0.05) is 41.3 Å². The Bertz CT molecular complexity index is 1260. The van der Waals surface area contributed by atoms with Crippen LogP contribution in [0.25, 0.3) is 0 Å². The van der Waals surface area contributed by atoms with Gasteiger partial charge in [0.25, 0.3) is 0 Å². The fourth-order valence-corrected chi connectivity index (χ4v) is 4.95. The number of rotatable bonds is 5. The second-order valence-corrected chi connectivity index (χ2v) is 9.00. The van der Waals surface area contributed by atoms with Gasteiger partial charge in [-0.1, -0.05) is 29.8 Å². The Morgan fingerprint density at radius 2 is 1.69 bits per heavy atom. The van der Waals surface area contributed by atoms with Crippen LogP contribution in [0, 0.1) is 0 Å². The predicted molar refractivity (Wildman–Crippen MR) is 130 cm³/mol. The maximum absolute atomic E-state index is 13.6. The molecule has 1 N–H and O–H groups in total. The van der Waals surface area contributed by atoms with E-state index in [4.69, 9.17) is 25.8 Å². The summed E-state index contributed by atoms with van der Waals surface area (Å²) in [6, 6.07) is 12.5. The van der Waals surface area contributed by atoms with Crippen molar-refractivity contribution in [2.45, 2.75) is 38.5 Å². The Balaban J connectivity index is 1.81. The largest absolute Gasteiger partial charge is 0.493 e. The van der Waals surface area contributed by atoms with E-state index in [1.807, 2.05) is 24.3 Å². The maximum atomic E-state index is 13.6. The first-order chi connectivity index (χ1) is 16.7. The molecule has 0 saturated heterocycles. The zero-order valence-electron chi connectivity index (χ0n) is 19.9. The Morgan fingerprint density at radius 1 is 1.00 bits per heavy atom. The average Bonchev–Trinajstić information content (AvgIpc) is 2.83. The van der Waals surface area contributed by atoms with E-state index in [1.54, 1.807) is 25.1 Å². The molecule has 0 aromatic heterocycles. The number of benzene rings is 2. The molecule has 0 fully saturated rings. The molecule has 0 saturated carbocycles. The molecule has 0 amide bonds. The van der Waals surface area contributed by atoms with Crippen molar-refractivity contribution in [3.63, 3.8) is 0 Å². The zero-order valence-corrected chi connectivity index (χ0v) is 20.7. The van der Waals surface area contributed by atoms with Crippen LogP contribution in [0.1, 0.15) is 49.7 Å². The van der Waals surface area contributed by atoms with E-state index >= 15 is 0 Å². The van der Waals surface area contributed by atoms with Gasteiger partial charge in [0.05, 0.1) is 19.8 Å². The van der Waals surface area contributed by atoms with Crippen LogP contribution in [0.4, 0.5) is 0 Å². The van der Waals surface area contributed by atoms with Gasteiger partial charge in [0.2, 0.25) is 0 Å². The maximum Gasteiger partial charge on any atom is 0.336 e. The summed E-state index contributed by atoms with van der Waals surface area (Å²) in [5.41, 5.74) is 3.97. The van der Waals surface area contributed by atoms with Crippen molar-refractivity contribution < 1.29 is 28.6 Å². The number of hydrogen-bond donors (Lipinski definition) is 1. The highest BCUT2D eigenvalue weighted by molar-refractivity contribution is 6.30. The number of methoxy groups -OCH3 is 2. The standard InChI is InChI=1S/C27H26ClNO6/c1-14-24(27(32)34-4)25(17-7-10-22(35-15(2)30)23(13-17)33-3)26-20(29-14)11-18(12-21(26)31)16-5-8-19(28)9-6-16/h5-10,13,18,25,29H,11-12H2,1-4H3. The number of ketones is 1. The van der Waals surface area contributed by atoms with Crippen molar-refractivity contribution in [2.75, 3.05) is 14.2 Å². The third-order valence-electron chi connectivity index (χ3n) is 6.35. The number of hydrogen-bond acceptors (Lipinski definition) is 7. The van der Waals surface area contributed by atoms with Gasteiger partial charge in [0.15, 0.2) is 17.3 Å². The molecule has 7 nitrogen and oxygen atoms in total. The smallest absolute Gasteiger partial charge is 0.336 e. The van der Waals surface area contributed by atoms with E-state index < -0.39 is 17.9 Å². The number of allylic oxidation sites excluding steroid dienone is 3. The molecule has 1 heterocycles. The van der Waals surface area contributed by atoms with Crippen molar-refractivity contribution in [2.24, 2.45) is 0 Å². The number of carbonyl (C=O) groups excluding carboxylic acids is 3. The highest BCUT2D eigenvalue weighted by Crippen LogP contribution is 2.47. The van der Waals surface area contributed by atoms with Gasteiger partial charge in [0.1, 0.15) is 0 Å². The number of nitrogens with one attached hydrogen (secondary N) is 1. The van der Waals surface area contributed by atoms with Crippen molar-refractivity contribution in [1.29, 1.82) is 0 Å². The monoisotopic (exact) mass is 495 g/mol. The van der Waals surface area contributed by atoms with Crippen LogP contribution < -0.4 is 14.8 Å². The van der Waals surface area contributed by atoms with Gasteiger partial charge in [-0.15, -0.1) is 0 Å². The number of halogens is 1. The summed E-state index contributed by atoms with van der Waals surface area (Å²) < 4.78 is 15.7. The molecule has 0 spiro atoms. The minimum atomic E-state index is -0.655. The van der Waals surface area contributed by atoms with Crippen LogP contribution in [0.15, 0.2) is 65.0 Å².